The van der Waals surface area contributed by atoms with Gasteiger partial charge in [0.1, 0.15) is 11.5 Å². The van der Waals surface area contributed by atoms with E-state index >= 15 is 0 Å². The van der Waals surface area contributed by atoms with Crippen LogP contribution in [0.1, 0.15) is 42.7 Å². The number of Topliss-reactive ketones (excluding diaryl/α,β-unsaturated/α-hetero) is 1. The highest BCUT2D eigenvalue weighted by atomic mass is 16.5. The van der Waals surface area contributed by atoms with Crippen LogP contribution in [0.5, 0.6) is 23.0 Å². The smallest absolute Gasteiger partial charge is 0.254 e. The molecule has 1 heterocycles. The fourth-order valence-electron chi connectivity index (χ4n) is 5.75. The van der Waals surface area contributed by atoms with Crippen LogP contribution in [-0.4, -0.2) is 40.1 Å². The van der Waals surface area contributed by atoms with Crippen molar-refractivity contribution in [2.24, 2.45) is 0 Å². The summed E-state index contributed by atoms with van der Waals surface area (Å²) in [6, 6.07) is 20.5. The molecule has 0 saturated heterocycles. The van der Waals surface area contributed by atoms with Crippen LogP contribution >= 0.6 is 0 Å². The molecule has 8 heteroatoms. The first-order valence-electron chi connectivity index (χ1n) is 13.4. The lowest BCUT2D eigenvalue weighted by Gasteiger charge is -2.37. The van der Waals surface area contributed by atoms with E-state index in [4.69, 9.17) is 18.9 Å². The largest absolute Gasteiger partial charge is 0.497 e. The van der Waals surface area contributed by atoms with Crippen molar-refractivity contribution < 1.29 is 28.5 Å². The van der Waals surface area contributed by atoms with Gasteiger partial charge in [0.15, 0.2) is 17.3 Å². The number of anilines is 1. The Morgan fingerprint density at radius 2 is 1.49 bits per heavy atom. The first kappa shape index (κ1) is 27.8. The number of hydrogen-bond acceptors (Lipinski definition) is 7. The first-order chi connectivity index (χ1) is 19.9. The Kier molecular flexibility index (Phi) is 8.01. The summed E-state index contributed by atoms with van der Waals surface area (Å²) in [5.74, 6) is 1.59. The van der Waals surface area contributed by atoms with E-state index in [1.165, 1.54) is 0 Å². The van der Waals surface area contributed by atoms with Crippen LogP contribution in [0, 0.1) is 0 Å². The highest BCUT2D eigenvalue weighted by molar-refractivity contribution is 6.10. The van der Waals surface area contributed by atoms with Crippen LogP contribution in [0.4, 0.5) is 5.69 Å². The molecule has 2 aliphatic rings. The normalized spacial score (nSPS) is 18.3. The van der Waals surface area contributed by atoms with Crippen molar-refractivity contribution in [2.45, 2.75) is 31.6 Å². The Bertz CT molecular complexity index is 1540. The van der Waals surface area contributed by atoms with E-state index in [2.05, 4.69) is 10.6 Å². The van der Waals surface area contributed by atoms with Gasteiger partial charge in [0.2, 0.25) is 0 Å². The number of ketones is 1. The van der Waals surface area contributed by atoms with Crippen LogP contribution in [0.15, 0.2) is 89.3 Å². The van der Waals surface area contributed by atoms with E-state index in [1.54, 1.807) is 40.6 Å². The van der Waals surface area contributed by atoms with Crippen molar-refractivity contribution in [1.29, 1.82) is 0 Å². The van der Waals surface area contributed by atoms with E-state index in [1.807, 2.05) is 61.5 Å². The van der Waals surface area contributed by atoms with Crippen LogP contribution in [0.25, 0.3) is 0 Å². The van der Waals surface area contributed by atoms with E-state index < -0.39 is 5.92 Å². The molecule has 2 N–H and O–H groups in total. The van der Waals surface area contributed by atoms with Gasteiger partial charge in [-0.1, -0.05) is 30.3 Å². The standard InChI is InChI=1S/C33H34N2O6/c1-19-30(33(37)35-24-8-6-7-9-27(24)39-3)31(20-10-13-23(38-2)14-11-20)32-25(34-19)16-22(17-26(32)36)21-12-15-28(40-4)29(18-21)41-5/h6-15,18,22,31,34H,16-17H2,1-5H3,(H,35,37)/t22-,31-/m1/s1. The highest BCUT2D eigenvalue weighted by Gasteiger charge is 2.41. The van der Waals surface area contributed by atoms with Crippen LogP contribution in [0.2, 0.25) is 0 Å². The molecule has 0 radical (unpaired) electrons. The molecule has 0 spiro atoms. The number of hydrogen-bond donors (Lipinski definition) is 2. The fourth-order valence-corrected chi connectivity index (χ4v) is 5.75. The van der Waals surface area contributed by atoms with Crippen LogP contribution in [-0.2, 0) is 9.59 Å². The summed E-state index contributed by atoms with van der Waals surface area (Å²) in [6.45, 7) is 1.88. The molecule has 0 bridgehead atoms. The second-order valence-electron chi connectivity index (χ2n) is 10.1. The zero-order valence-corrected chi connectivity index (χ0v) is 23.9. The fraction of sp³-hybridized carbons (Fsp3) is 0.273. The van der Waals surface area contributed by atoms with Crippen molar-refractivity contribution in [3.8, 4) is 23.0 Å². The molecule has 0 aromatic heterocycles. The van der Waals surface area contributed by atoms with Gasteiger partial charge in [-0.05, 0) is 66.8 Å². The van der Waals surface area contributed by atoms with E-state index in [0.29, 0.717) is 58.4 Å². The number of rotatable bonds is 8. The first-order valence-corrected chi connectivity index (χ1v) is 13.4. The molecule has 41 heavy (non-hydrogen) atoms. The molecule has 0 fully saturated rings. The monoisotopic (exact) mass is 554 g/mol. The Labute approximate surface area is 240 Å². The lowest BCUT2D eigenvalue weighted by molar-refractivity contribution is -0.116. The number of para-hydroxylation sites is 2. The quantitative estimate of drug-likeness (QED) is 0.368. The van der Waals surface area contributed by atoms with Gasteiger partial charge in [0, 0.05) is 34.9 Å². The van der Waals surface area contributed by atoms with Gasteiger partial charge in [-0.2, -0.15) is 0 Å². The van der Waals surface area contributed by atoms with Gasteiger partial charge >= 0.3 is 0 Å². The number of allylic oxidation sites excluding steroid dienone is 3. The molecule has 0 unspecified atom stereocenters. The van der Waals surface area contributed by atoms with Crippen molar-refractivity contribution in [3.63, 3.8) is 0 Å². The summed E-state index contributed by atoms with van der Waals surface area (Å²) >= 11 is 0. The topological polar surface area (TPSA) is 95.1 Å². The number of nitrogens with one attached hydrogen (secondary N) is 2. The molecular formula is C33H34N2O6. The molecular weight excluding hydrogens is 520 g/mol. The zero-order chi connectivity index (χ0) is 29.1. The number of carbonyl (C=O) groups is 2. The third-order valence-electron chi connectivity index (χ3n) is 7.76. The Hall–Kier alpha value is -4.72. The van der Waals surface area contributed by atoms with Crippen molar-refractivity contribution in [3.05, 3.63) is 100 Å². The molecule has 0 saturated carbocycles. The molecule has 3 aromatic carbocycles. The van der Waals surface area contributed by atoms with Crippen LogP contribution in [0.3, 0.4) is 0 Å². The molecule has 5 rings (SSSR count). The minimum Gasteiger partial charge on any atom is -0.497 e. The lowest BCUT2D eigenvalue weighted by atomic mass is 9.71. The summed E-state index contributed by atoms with van der Waals surface area (Å²) in [5.41, 5.74) is 5.00. The maximum Gasteiger partial charge on any atom is 0.254 e. The molecule has 3 aromatic rings. The average molecular weight is 555 g/mol. The third kappa shape index (κ3) is 5.37. The minimum atomic E-state index is -0.550. The average Bonchev–Trinajstić information content (AvgIpc) is 3.00. The number of carbonyl (C=O) groups excluding carboxylic acids is 2. The minimum absolute atomic E-state index is 0.00514. The van der Waals surface area contributed by atoms with Crippen molar-refractivity contribution >= 4 is 17.4 Å². The molecule has 8 nitrogen and oxygen atoms in total. The summed E-state index contributed by atoms with van der Waals surface area (Å²) < 4.78 is 21.7. The van der Waals surface area contributed by atoms with E-state index in [0.717, 1.165) is 16.8 Å². The van der Waals surface area contributed by atoms with Crippen molar-refractivity contribution in [1.82, 2.24) is 5.32 Å². The van der Waals surface area contributed by atoms with Gasteiger partial charge in [-0.25, -0.2) is 0 Å². The van der Waals surface area contributed by atoms with Crippen LogP contribution < -0.4 is 29.6 Å². The van der Waals surface area contributed by atoms with Crippen molar-refractivity contribution in [2.75, 3.05) is 33.8 Å². The van der Waals surface area contributed by atoms with Gasteiger partial charge in [-0.15, -0.1) is 0 Å². The van der Waals surface area contributed by atoms with Gasteiger partial charge < -0.3 is 29.6 Å². The second kappa shape index (κ2) is 11.8. The number of amides is 1. The summed E-state index contributed by atoms with van der Waals surface area (Å²) in [4.78, 5) is 27.9. The summed E-state index contributed by atoms with van der Waals surface area (Å²) in [7, 11) is 6.36. The predicted molar refractivity (Wildman–Crippen MR) is 157 cm³/mol. The third-order valence-corrected chi connectivity index (χ3v) is 7.76. The molecule has 2 atom stereocenters. The van der Waals surface area contributed by atoms with Gasteiger partial charge in [0.25, 0.3) is 5.91 Å². The summed E-state index contributed by atoms with van der Waals surface area (Å²) in [5, 5.41) is 6.44. The highest BCUT2D eigenvalue weighted by Crippen LogP contribution is 2.46. The molecule has 1 aliphatic carbocycles. The van der Waals surface area contributed by atoms with E-state index in [-0.39, 0.29) is 17.6 Å². The molecule has 1 amide bonds. The van der Waals surface area contributed by atoms with E-state index in [9.17, 15) is 9.59 Å². The number of dihydropyridines is 1. The number of ether oxygens (including phenoxy) is 4. The number of benzene rings is 3. The molecule has 1 aliphatic heterocycles. The van der Waals surface area contributed by atoms with Gasteiger partial charge in [0.05, 0.1) is 34.1 Å². The Balaban J connectivity index is 1.55. The number of methoxy groups -OCH3 is 4. The maximum atomic E-state index is 14.0. The Morgan fingerprint density at radius 1 is 0.805 bits per heavy atom. The summed E-state index contributed by atoms with van der Waals surface area (Å²) in [6.07, 6.45) is 0.922. The maximum absolute atomic E-state index is 14.0. The zero-order valence-electron chi connectivity index (χ0n) is 23.9. The Morgan fingerprint density at radius 3 is 2.17 bits per heavy atom. The SMILES string of the molecule is COc1ccc([C@@H]2C(C(=O)Nc3ccccc3OC)=C(C)NC3=C2C(=O)C[C@H](c2ccc(OC)c(OC)c2)C3)cc1. The molecule has 212 valence electrons. The van der Waals surface area contributed by atoms with Gasteiger partial charge in [-0.3, -0.25) is 9.59 Å². The second-order valence-corrected chi connectivity index (χ2v) is 10.1. The lowest BCUT2D eigenvalue weighted by Crippen LogP contribution is -2.37. The predicted octanol–water partition coefficient (Wildman–Crippen LogP) is 5.72.